The first-order valence-electron chi connectivity index (χ1n) is 9.82. The molecule has 3 aliphatic rings. The van der Waals surface area contributed by atoms with E-state index in [0.717, 1.165) is 39.3 Å². The van der Waals surface area contributed by atoms with Gasteiger partial charge in [0.2, 0.25) is 0 Å². The number of likely N-dealkylation sites (tertiary alicyclic amines) is 1. The van der Waals surface area contributed by atoms with Gasteiger partial charge in [0.25, 0.3) is 0 Å². The number of carbonyl (C=O) groups is 2. The highest BCUT2D eigenvalue weighted by atomic mass is 16.5. The Labute approximate surface area is 156 Å². The summed E-state index contributed by atoms with van der Waals surface area (Å²) in [6, 6.07) is 0.615. The first kappa shape index (κ1) is 19.5. The molecule has 0 aromatic rings. The van der Waals surface area contributed by atoms with Crippen molar-refractivity contribution in [3.8, 4) is 0 Å². The van der Waals surface area contributed by atoms with Crippen LogP contribution in [0.25, 0.3) is 0 Å². The normalized spacial score (nSPS) is 24.6. The molecule has 1 amide bonds. The Morgan fingerprint density at radius 2 is 1.62 bits per heavy atom. The lowest BCUT2D eigenvalue weighted by Gasteiger charge is -2.41. The fourth-order valence-corrected chi connectivity index (χ4v) is 3.93. The molecule has 0 aromatic carbocycles. The van der Waals surface area contributed by atoms with Gasteiger partial charge in [0, 0.05) is 51.9 Å². The summed E-state index contributed by atoms with van der Waals surface area (Å²) in [5.41, 5.74) is 0. The van der Waals surface area contributed by atoms with Gasteiger partial charge in [-0.15, -0.1) is 0 Å². The minimum Gasteiger partial charge on any atom is -0.457 e. The van der Waals surface area contributed by atoms with E-state index in [1.54, 1.807) is 4.90 Å². The Bertz CT molecular complexity index is 468. The summed E-state index contributed by atoms with van der Waals surface area (Å²) >= 11 is 0. The first-order chi connectivity index (χ1) is 12.6. The second kappa shape index (κ2) is 9.64. The summed E-state index contributed by atoms with van der Waals surface area (Å²) < 4.78 is 10.5. The van der Waals surface area contributed by atoms with E-state index in [1.165, 1.54) is 12.8 Å². The average Bonchev–Trinajstić information content (AvgIpc) is 2.69. The van der Waals surface area contributed by atoms with Crippen LogP contribution in [0.15, 0.2) is 0 Å². The molecular formula is C18H32N4O4. The monoisotopic (exact) mass is 368 g/mol. The zero-order valence-electron chi connectivity index (χ0n) is 15.9. The van der Waals surface area contributed by atoms with E-state index in [4.69, 9.17) is 9.47 Å². The quantitative estimate of drug-likeness (QED) is 0.471. The molecule has 8 nitrogen and oxygen atoms in total. The lowest BCUT2D eigenvalue weighted by Crippen LogP contribution is -2.55. The SMILES string of the molecule is CN1CCC(N2CCN(C(=O)C(=O)OCCN3CCOCC3)CC2)CC1. The maximum atomic E-state index is 12.3. The lowest BCUT2D eigenvalue weighted by atomic mass is 10.0. The Balaban J connectivity index is 1.34. The number of nitrogens with zero attached hydrogens (tertiary/aromatic N) is 4. The van der Waals surface area contributed by atoms with Crippen LogP contribution in [0.2, 0.25) is 0 Å². The molecule has 3 rings (SSSR count). The van der Waals surface area contributed by atoms with Crippen molar-refractivity contribution in [1.82, 2.24) is 19.6 Å². The summed E-state index contributed by atoms with van der Waals surface area (Å²) in [5, 5.41) is 0. The summed E-state index contributed by atoms with van der Waals surface area (Å²) in [7, 11) is 2.16. The number of hydrogen-bond donors (Lipinski definition) is 0. The van der Waals surface area contributed by atoms with E-state index in [9.17, 15) is 9.59 Å². The zero-order valence-corrected chi connectivity index (χ0v) is 15.9. The van der Waals surface area contributed by atoms with Crippen LogP contribution in [-0.2, 0) is 19.1 Å². The predicted molar refractivity (Wildman–Crippen MR) is 96.9 cm³/mol. The summed E-state index contributed by atoms with van der Waals surface area (Å²) in [6.07, 6.45) is 2.38. The Hall–Kier alpha value is -1.22. The molecule has 0 aromatic heterocycles. The minimum absolute atomic E-state index is 0.264. The largest absolute Gasteiger partial charge is 0.457 e. The van der Waals surface area contributed by atoms with Gasteiger partial charge in [0.05, 0.1) is 13.2 Å². The molecule has 3 saturated heterocycles. The minimum atomic E-state index is -0.717. The van der Waals surface area contributed by atoms with Gasteiger partial charge in [-0.1, -0.05) is 0 Å². The van der Waals surface area contributed by atoms with Crippen LogP contribution in [0.3, 0.4) is 0 Å². The number of amides is 1. The third kappa shape index (κ3) is 5.39. The molecule has 8 heteroatoms. The van der Waals surface area contributed by atoms with E-state index >= 15 is 0 Å². The second-order valence-corrected chi connectivity index (χ2v) is 7.45. The van der Waals surface area contributed by atoms with Crippen LogP contribution < -0.4 is 0 Å². The van der Waals surface area contributed by atoms with Crippen molar-refractivity contribution in [1.29, 1.82) is 0 Å². The van der Waals surface area contributed by atoms with Crippen molar-refractivity contribution >= 4 is 11.9 Å². The number of morpholine rings is 1. The summed E-state index contributed by atoms with van der Waals surface area (Å²) in [6.45, 7) is 9.26. The van der Waals surface area contributed by atoms with Crippen LogP contribution in [0.4, 0.5) is 0 Å². The van der Waals surface area contributed by atoms with Crippen LogP contribution in [0.1, 0.15) is 12.8 Å². The van der Waals surface area contributed by atoms with Gasteiger partial charge in [0.15, 0.2) is 0 Å². The summed E-state index contributed by atoms with van der Waals surface area (Å²) in [5.74, 6) is -1.21. The Morgan fingerprint density at radius 3 is 2.27 bits per heavy atom. The molecule has 0 radical (unpaired) electrons. The lowest BCUT2D eigenvalue weighted by molar-refractivity contribution is -0.161. The predicted octanol–water partition coefficient (Wildman–Crippen LogP) is -0.900. The number of esters is 1. The molecule has 26 heavy (non-hydrogen) atoms. The molecule has 0 atom stereocenters. The van der Waals surface area contributed by atoms with E-state index in [0.29, 0.717) is 38.9 Å². The standard InChI is InChI=1S/C18H32N4O4/c1-19-4-2-16(3-5-19)21-6-8-22(9-7-21)17(23)18(24)26-15-12-20-10-13-25-14-11-20/h16H,2-15H2,1H3. The van der Waals surface area contributed by atoms with E-state index in [2.05, 4.69) is 21.7 Å². The number of ether oxygens (including phenoxy) is 2. The van der Waals surface area contributed by atoms with Crippen molar-refractivity contribution in [2.75, 3.05) is 85.8 Å². The molecular weight excluding hydrogens is 336 g/mol. The van der Waals surface area contributed by atoms with Crippen molar-refractivity contribution < 1.29 is 19.1 Å². The van der Waals surface area contributed by atoms with Crippen LogP contribution in [0, 0.1) is 0 Å². The van der Waals surface area contributed by atoms with E-state index in [-0.39, 0.29) is 6.61 Å². The molecule has 3 heterocycles. The van der Waals surface area contributed by atoms with Gasteiger partial charge < -0.3 is 19.3 Å². The molecule has 0 saturated carbocycles. The van der Waals surface area contributed by atoms with Crippen molar-refractivity contribution in [3.05, 3.63) is 0 Å². The zero-order chi connectivity index (χ0) is 18.4. The third-order valence-electron chi connectivity index (χ3n) is 5.72. The molecule has 0 spiro atoms. The maximum absolute atomic E-state index is 12.3. The molecule has 0 unspecified atom stereocenters. The highest BCUT2D eigenvalue weighted by Gasteiger charge is 2.31. The molecule has 0 bridgehead atoms. The third-order valence-corrected chi connectivity index (χ3v) is 5.72. The van der Waals surface area contributed by atoms with Crippen LogP contribution in [-0.4, -0.2) is 123 Å². The van der Waals surface area contributed by atoms with Gasteiger partial charge in [-0.25, -0.2) is 4.79 Å². The molecule has 3 aliphatic heterocycles. The Morgan fingerprint density at radius 1 is 0.962 bits per heavy atom. The second-order valence-electron chi connectivity index (χ2n) is 7.45. The van der Waals surface area contributed by atoms with Gasteiger partial charge in [0.1, 0.15) is 6.61 Å². The molecule has 3 fully saturated rings. The topological polar surface area (TPSA) is 65.6 Å². The van der Waals surface area contributed by atoms with Crippen molar-refractivity contribution in [3.63, 3.8) is 0 Å². The summed E-state index contributed by atoms with van der Waals surface area (Å²) in [4.78, 5) is 33.0. The fourth-order valence-electron chi connectivity index (χ4n) is 3.93. The first-order valence-corrected chi connectivity index (χ1v) is 9.82. The number of piperidine rings is 1. The number of rotatable bonds is 4. The smallest absolute Gasteiger partial charge is 0.397 e. The van der Waals surface area contributed by atoms with Crippen molar-refractivity contribution in [2.45, 2.75) is 18.9 Å². The Kier molecular flexibility index (Phi) is 7.24. The van der Waals surface area contributed by atoms with Crippen LogP contribution >= 0.6 is 0 Å². The van der Waals surface area contributed by atoms with E-state index < -0.39 is 11.9 Å². The maximum Gasteiger partial charge on any atom is 0.397 e. The number of carbonyl (C=O) groups excluding carboxylic acids is 2. The van der Waals surface area contributed by atoms with Gasteiger partial charge >= 0.3 is 11.9 Å². The van der Waals surface area contributed by atoms with Crippen molar-refractivity contribution in [2.24, 2.45) is 0 Å². The van der Waals surface area contributed by atoms with Crippen LogP contribution in [0.5, 0.6) is 0 Å². The highest BCUT2D eigenvalue weighted by molar-refractivity contribution is 6.32. The van der Waals surface area contributed by atoms with Gasteiger partial charge in [-0.3, -0.25) is 14.6 Å². The van der Waals surface area contributed by atoms with E-state index in [1.807, 2.05) is 0 Å². The molecule has 0 N–H and O–H groups in total. The number of piperazine rings is 1. The van der Waals surface area contributed by atoms with Gasteiger partial charge in [-0.2, -0.15) is 0 Å². The van der Waals surface area contributed by atoms with Gasteiger partial charge in [-0.05, 0) is 33.0 Å². The highest BCUT2D eigenvalue weighted by Crippen LogP contribution is 2.17. The average molecular weight is 368 g/mol. The molecule has 0 aliphatic carbocycles. The molecule has 148 valence electrons. The number of hydrogen-bond acceptors (Lipinski definition) is 7. The fraction of sp³-hybridized carbons (Fsp3) is 0.889.